The zero-order chi connectivity index (χ0) is 22.4. The Kier molecular flexibility index (Phi) is 4.86. The third kappa shape index (κ3) is 3.20. The van der Waals surface area contributed by atoms with Gasteiger partial charge in [0.2, 0.25) is 0 Å². The fraction of sp³-hybridized carbons (Fsp3) is 0.0645. The van der Waals surface area contributed by atoms with E-state index in [0.29, 0.717) is 0 Å². The summed E-state index contributed by atoms with van der Waals surface area (Å²) >= 11 is 0. The highest BCUT2D eigenvalue weighted by Gasteiger charge is 2.16. The van der Waals surface area contributed by atoms with Crippen LogP contribution in [0.5, 0.6) is 0 Å². The Morgan fingerprint density at radius 3 is 2.33 bits per heavy atom. The molecule has 2 heteroatoms. The van der Waals surface area contributed by atoms with Gasteiger partial charge in [0.25, 0.3) is 0 Å². The van der Waals surface area contributed by atoms with Gasteiger partial charge in [-0.15, -0.1) is 0 Å². The number of rotatable bonds is 4. The Bertz CT molecular complexity index is 1650. The quantitative estimate of drug-likeness (QED) is 0.243. The van der Waals surface area contributed by atoms with Crippen LogP contribution in [0.25, 0.3) is 49.4 Å². The van der Waals surface area contributed by atoms with Gasteiger partial charge < -0.3 is 4.40 Å². The van der Waals surface area contributed by atoms with Crippen molar-refractivity contribution in [2.24, 2.45) is 0 Å². The van der Waals surface area contributed by atoms with Crippen LogP contribution in [-0.4, -0.2) is 10.7 Å². The van der Waals surface area contributed by atoms with Crippen molar-refractivity contribution < 1.29 is 0 Å². The predicted molar refractivity (Wildman–Crippen MR) is 146 cm³/mol. The molecule has 0 aliphatic heterocycles. The van der Waals surface area contributed by atoms with E-state index in [1.807, 2.05) is 0 Å². The van der Waals surface area contributed by atoms with Crippen LogP contribution in [0.15, 0.2) is 103 Å². The maximum atomic E-state index is 4.26. The maximum absolute atomic E-state index is 4.26. The lowest BCUT2D eigenvalue weighted by molar-refractivity contribution is 1.14. The number of pyridine rings is 1. The molecule has 0 aliphatic carbocycles. The zero-order valence-corrected chi connectivity index (χ0v) is 19.5. The molecule has 6 aromatic rings. The number of aryl methyl sites for hydroxylation is 1. The Morgan fingerprint density at radius 2 is 1.52 bits per heavy atom. The van der Waals surface area contributed by atoms with Crippen molar-refractivity contribution in [2.45, 2.75) is 13.3 Å². The highest BCUT2D eigenvalue weighted by molar-refractivity contribution is 7.47. The van der Waals surface area contributed by atoms with Gasteiger partial charge in [0.05, 0.1) is 11.0 Å². The molecule has 33 heavy (non-hydrogen) atoms. The standard InChI is InChI=1S/C31H24NP/c1-3-21-13-15-22(16-14-21)24-9-6-10-25(20-24)26-11-7-8-23-17-18-27-30(29(23)26)31(33-2)28-12-4-5-19-32(27)28/h4-20H,2-3H2,1H3. The minimum Gasteiger partial charge on any atom is -0.316 e. The van der Waals surface area contributed by atoms with E-state index in [-0.39, 0.29) is 0 Å². The lowest BCUT2D eigenvalue weighted by Crippen LogP contribution is -1.92. The van der Waals surface area contributed by atoms with Crippen LogP contribution in [0.3, 0.4) is 0 Å². The molecule has 0 saturated carbocycles. The number of benzene rings is 4. The number of nitrogens with zero attached hydrogens (tertiary/aromatic N) is 1. The van der Waals surface area contributed by atoms with E-state index >= 15 is 0 Å². The van der Waals surface area contributed by atoms with Crippen molar-refractivity contribution in [3.8, 4) is 22.3 Å². The Balaban J connectivity index is 1.64. The third-order valence-corrected chi connectivity index (χ3v) is 7.42. The van der Waals surface area contributed by atoms with E-state index in [1.165, 1.54) is 60.3 Å². The molecule has 0 atom stereocenters. The summed E-state index contributed by atoms with van der Waals surface area (Å²) in [5.74, 6) is 0. The highest BCUT2D eigenvalue weighted by atomic mass is 31.1. The predicted octanol–water partition coefficient (Wildman–Crippen LogP) is 8.15. The van der Waals surface area contributed by atoms with Gasteiger partial charge in [-0.1, -0.05) is 94.2 Å². The van der Waals surface area contributed by atoms with Crippen LogP contribution >= 0.6 is 8.20 Å². The summed E-state index contributed by atoms with van der Waals surface area (Å²) in [6.07, 6.45) is 7.48. The van der Waals surface area contributed by atoms with Crippen LogP contribution in [0.1, 0.15) is 12.5 Å². The lowest BCUT2D eigenvalue weighted by Gasteiger charge is -2.11. The van der Waals surface area contributed by atoms with Gasteiger partial charge in [0.1, 0.15) is 0 Å². The number of hydrogen-bond donors (Lipinski definition) is 0. The molecule has 0 fully saturated rings. The zero-order valence-electron chi connectivity index (χ0n) is 18.6. The molecule has 4 aromatic carbocycles. The number of fused-ring (bicyclic) bond motifs is 5. The molecule has 2 heterocycles. The second-order valence-corrected chi connectivity index (χ2v) is 9.22. The lowest BCUT2D eigenvalue weighted by atomic mass is 9.93. The average Bonchev–Trinajstić information content (AvgIpc) is 3.22. The Hall–Kier alpha value is -3.67. The normalized spacial score (nSPS) is 11.7. The summed E-state index contributed by atoms with van der Waals surface area (Å²) in [6, 6.07) is 35.4. The fourth-order valence-electron chi connectivity index (χ4n) is 4.98. The molecule has 0 spiro atoms. The van der Waals surface area contributed by atoms with Crippen molar-refractivity contribution in [3.63, 3.8) is 0 Å². The van der Waals surface area contributed by atoms with Crippen molar-refractivity contribution in [3.05, 3.63) is 109 Å². The second kappa shape index (κ2) is 8.03. The first kappa shape index (κ1) is 20.0. The van der Waals surface area contributed by atoms with Crippen molar-refractivity contribution in [1.82, 2.24) is 4.40 Å². The molecule has 158 valence electrons. The summed E-state index contributed by atoms with van der Waals surface area (Å²) in [4.78, 5) is 0. The molecule has 0 N–H and O–H groups in total. The molecule has 0 radical (unpaired) electrons. The van der Waals surface area contributed by atoms with Crippen molar-refractivity contribution in [1.29, 1.82) is 0 Å². The summed E-state index contributed by atoms with van der Waals surface area (Å²) in [6.45, 7) is 2.20. The SMILES string of the molecule is C=Pc1c2c3c(-c4cccc(-c5ccc(CC)cc5)c4)cccc3ccc2n2ccccc12. The second-order valence-electron chi connectivity index (χ2n) is 8.46. The molecular formula is C31H24NP. The maximum Gasteiger partial charge on any atom is 0.0580 e. The first-order valence-corrected chi connectivity index (χ1v) is 12.5. The van der Waals surface area contributed by atoms with Crippen molar-refractivity contribution in [2.75, 3.05) is 0 Å². The number of hydrogen-bond acceptors (Lipinski definition) is 0. The van der Waals surface area contributed by atoms with Crippen LogP contribution in [0.2, 0.25) is 0 Å². The van der Waals surface area contributed by atoms with Gasteiger partial charge in [-0.2, -0.15) is 0 Å². The van der Waals surface area contributed by atoms with Gasteiger partial charge in [-0.3, -0.25) is 0 Å². The van der Waals surface area contributed by atoms with E-state index in [9.17, 15) is 0 Å². The van der Waals surface area contributed by atoms with E-state index in [4.69, 9.17) is 0 Å². The van der Waals surface area contributed by atoms with E-state index in [0.717, 1.165) is 14.6 Å². The van der Waals surface area contributed by atoms with Gasteiger partial charge in [-0.25, -0.2) is 0 Å². The van der Waals surface area contributed by atoms with Gasteiger partial charge >= 0.3 is 0 Å². The molecule has 0 bridgehead atoms. The van der Waals surface area contributed by atoms with E-state index in [1.54, 1.807) is 0 Å². The topological polar surface area (TPSA) is 4.41 Å². The summed E-state index contributed by atoms with van der Waals surface area (Å²) < 4.78 is 2.30. The van der Waals surface area contributed by atoms with Gasteiger partial charge in [0, 0.05) is 16.9 Å². The molecule has 0 amide bonds. The molecule has 0 aliphatic rings. The monoisotopic (exact) mass is 441 g/mol. The molecule has 0 saturated heterocycles. The minimum atomic E-state index is 1.03. The summed E-state index contributed by atoms with van der Waals surface area (Å²) in [7, 11) is 1.03. The average molecular weight is 442 g/mol. The van der Waals surface area contributed by atoms with Gasteiger partial charge in [-0.05, 0) is 69.3 Å². The Morgan fingerprint density at radius 1 is 0.697 bits per heavy atom. The molecule has 1 nitrogen and oxygen atoms in total. The first-order chi connectivity index (χ1) is 16.3. The summed E-state index contributed by atoms with van der Waals surface area (Å²) in [5.41, 5.74) is 8.85. The minimum absolute atomic E-state index is 1.03. The van der Waals surface area contributed by atoms with E-state index < -0.39 is 0 Å². The van der Waals surface area contributed by atoms with Crippen molar-refractivity contribution >= 4 is 47.0 Å². The fourth-order valence-corrected chi connectivity index (χ4v) is 5.71. The number of aromatic nitrogens is 1. The molecular weight excluding hydrogens is 417 g/mol. The Labute approximate surface area is 195 Å². The van der Waals surface area contributed by atoms with E-state index in [2.05, 4.69) is 121 Å². The summed E-state index contributed by atoms with van der Waals surface area (Å²) in [5, 5.41) is 5.17. The first-order valence-electron chi connectivity index (χ1n) is 11.4. The molecule has 6 rings (SSSR count). The van der Waals surface area contributed by atoms with Crippen LogP contribution in [0, 0.1) is 0 Å². The van der Waals surface area contributed by atoms with Gasteiger partial charge in [0.15, 0.2) is 0 Å². The van der Waals surface area contributed by atoms with Crippen LogP contribution in [-0.2, 0) is 6.42 Å². The highest BCUT2D eigenvalue weighted by Crippen LogP contribution is 2.37. The molecule has 2 aromatic heterocycles. The van der Waals surface area contributed by atoms with Crippen LogP contribution < -0.4 is 5.30 Å². The smallest absolute Gasteiger partial charge is 0.0580 e. The van der Waals surface area contributed by atoms with Crippen LogP contribution in [0.4, 0.5) is 0 Å². The molecule has 0 unspecified atom stereocenters. The third-order valence-electron chi connectivity index (χ3n) is 6.65. The largest absolute Gasteiger partial charge is 0.316 e.